The SMILES string of the molecule is COc1ccc(-c2nnc3ccc(SCC(=O)Nc4ccccc4C(F)(F)F)nn23)cc1OC. The van der Waals surface area contributed by atoms with Crippen LogP contribution in [0.15, 0.2) is 59.6 Å². The van der Waals surface area contributed by atoms with Crippen molar-refractivity contribution in [2.45, 2.75) is 11.2 Å². The van der Waals surface area contributed by atoms with Gasteiger partial charge in [0, 0.05) is 5.56 Å². The lowest BCUT2D eigenvalue weighted by molar-refractivity contribution is -0.137. The molecule has 4 rings (SSSR count). The van der Waals surface area contributed by atoms with Gasteiger partial charge in [-0.1, -0.05) is 23.9 Å². The molecule has 0 aliphatic heterocycles. The number of para-hydroxylation sites is 1. The summed E-state index contributed by atoms with van der Waals surface area (Å²) in [5, 5.41) is 15.5. The van der Waals surface area contributed by atoms with Crippen LogP contribution >= 0.6 is 11.8 Å². The van der Waals surface area contributed by atoms with Gasteiger partial charge in [-0.15, -0.1) is 10.2 Å². The highest BCUT2D eigenvalue weighted by Crippen LogP contribution is 2.35. The third-order valence-corrected chi connectivity index (χ3v) is 5.66. The van der Waals surface area contributed by atoms with Crippen LogP contribution in [0.2, 0.25) is 0 Å². The van der Waals surface area contributed by atoms with E-state index in [0.29, 0.717) is 33.6 Å². The van der Waals surface area contributed by atoms with Crippen molar-refractivity contribution in [1.82, 2.24) is 19.8 Å². The van der Waals surface area contributed by atoms with E-state index in [0.717, 1.165) is 17.8 Å². The standard InChI is InChI=1S/C22H18F3N5O3S/c1-32-16-8-7-13(11-17(16)33-2)21-28-27-18-9-10-20(29-30(18)21)34-12-19(31)26-15-6-4-3-5-14(15)22(23,24)25/h3-11H,12H2,1-2H3,(H,26,31). The van der Waals surface area contributed by atoms with Gasteiger partial charge in [0.1, 0.15) is 5.03 Å². The van der Waals surface area contributed by atoms with Crippen molar-refractivity contribution in [2.24, 2.45) is 0 Å². The molecule has 0 bridgehead atoms. The summed E-state index contributed by atoms with van der Waals surface area (Å²) in [6, 6.07) is 13.4. The van der Waals surface area contributed by atoms with Gasteiger partial charge >= 0.3 is 6.18 Å². The van der Waals surface area contributed by atoms with Crippen molar-refractivity contribution in [3.05, 3.63) is 60.2 Å². The van der Waals surface area contributed by atoms with E-state index >= 15 is 0 Å². The molecule has 0 saturated carbocycles. The van der Waals surface area contributed by atoms with Crippen LogP contribution in [0, 0.1) is 0 Å². The van der Waals surface area contributed by atoms with E-state index in [2.05, 4.69) is 20.6 Å². The van der Waals surface area contributed by atoms with Gasteiger partial charge in [0.05, 0.1) is 31.2 Å². The van der Waals surface area contributed by atoms with Gasteiger partial charge in [0.2, 0.25) is 5.91 Å². The topological polar surface area (TPSA) is 90.6 Å². The van der Waals surface area contributed by atoms with Crippen molar-refractivity contribution < 1.29 is 27.4 Å². The number of carbonyl (C=O) groups excluding carboxylic acids is 1. The molecule has 2 heterocycles. The van der Waals surface area contributed by atoms with Crippen molar-refractivity contribution in [1.29, 1.82) is 0 Å². The van der Waals surface area contributed by atoms with Crippen LogP contribution in [0.4, 0.5) is 18.9 Å². The number of hydrogen-bond acceptors (Lipinski definition) is 7. The third-order valence-electron chi connectivity index (χ3n) is 4.74. The Hall–Kier alpha value is -3.80. The average molecular weight is 489 g/mol. The van der Waals surface area contributed by atoms with Crippen LogP contribution in [-0.4, -0.2) is 45.7 Å². The van der Waals surface area contributed by atoms with Gasteiger partial charge in [0.25, 0.3) is 0 Å². The van der Waals surface area contributed by atoms with Gasteiger partial charge in [-0.25, -0.2) is 0 Å². The average Bonchev–Trinajstić information content (AvgIpc) is 3.25. The maximum atomic E-state index is 13.1. The Morgan fingerprint density at radius 2 is 1.79 bits per heavy atom. The lowest BCUT2D eigenvalue weighted by atomic mass is 10.1. The van der Waals surface area contributed by atoms with Crippen molar-refractivity contribution in [2.75, 3.05) is 25.3 Å². The third kappa shape index (κ3) is 4.91. The first-order valence-electron chi connectivity index (χ1n) is 9.84. The largest absolute Gasteiger partial charge is 0.493 e. The highest BCUT2D eigenvalue weighted by molar-refractivity contribution is 7.99. The number of carbonyl (C=O) groups is 1. The highest BCUT2D eigenvalue weighted by Gasteiger charge is 2.33. The van der Waals surface area contributed by atoms with Crippen LogP contribution < -0.4 is 14.8 Å². The fourth-order valence-corrected chi connectivity index (χ4v) is 3.82. The Balaban J connectivity index is 1.52. The first kappa shape index (κ1) is 23.4. The first-order valence-corrected chi connectivity index (χ1v) is 10.8. The number of amides is 1. The molecule has 0 spiro atoms. The number of benzene rings is 2. The predicted octanol–water partition coefficient (Wildman–Crippen LogP) is 4.56. The molecule has 0 atom stereocenters. The minimum Gasteiger partial charge on any atom is -0.493 e. The van der Waals surface area contributed by atoms with Crippen molar-refractivity contribution >= 4 is 29.0 Å². The number of hydrogen-bond donors (Lipinski definition) is 1. The summed E-state index contributed by atoms with van der Waals surface area (Å²) >= 11 is 1.07. The van der Waals surface area contributed by atoms with E-state index in [9.17, 15) is 18.0 Å². The van der Waals surface area contributed by atoms with E-state index in [-0.39, 0.29) is 11.4 Å². The molecule has 0 saturated heterocycles. The lowest BCUT2D eigenvalue weighted by Crippen LogP contribution is -2.18. The van der Waals surface area contributed by atoms with E-state index in [1.165, 1.54) is 36.9 Å². The first-order chi connectivity index (χ1) is 16.3. The van der Waals surface area contributed by atoms with Gasteiger partial charge < -0.3 is 14.8 Å². The number of methoxy groups -OCH3 is 2. The summed E-state index contributed by atoms with van der Waals surface area (Å²) in [4.78, 5) is 12.3. The Morgan fingerprint density at radius 3 is 2.53 bits per heavy atom. The minimum absolute atomic E-state index is 0.140. The summed E-state index contributed by atoms with van der Waals surface area (Å²) in [5.41, 5.74) is -0.0329. The number of thioether (sulfide) groups is 1. The summed E-state index contributed by atoms with van der Waals surface area (Å²) in [5.74, 6) is 0.785. The molecule has 176 valence electrons. The smallest absolute Gasteiger partial charge is 0.418 e. The van der Waals surface area contributed by atoms with Crippen LogP contribution in [0.3, 0.4) is 0 Å². The number of nitrogens with one attached hydrogen (secondary N) is 1. The molecule has 0 unspecified atom stereocenters. The number of alkyl halides is 3. The Morgan fingerprint density at radius 1 is 1.03 bits per heavy atom. The summed E-state index contributed by atoms with van der Waals surface area (Å²) in [6.45, 7) is 0. The monoisotopic (exact) mass is 489 g/mol. The van der Waals surface area contributed by atoms with E-state index < -0.39 is 17.6 Å². The normalized spacial score (nSPS) is 11.4. The molecule has 1 N–H and O–H groups in total. The molecule has 2 aromatic carbocycles. The van der Waals surface area contributed by atoms with Crippen LogP contribution in [0.25, 0.3) is 17.0 Å². The number of rotatable bonds is 7. The predicted molar refractivity (Wildman–Crippen MR) is 120 cm³/mol. The quantitative estimate of drug-likeness (QED) is 0.381. The van der Waals surface area contributed by atoms with Gasteiger partial charge in [-0.05, 0) is 42.5 Å². The zero-order chi connectivity index (χ0) is 24.3. The zero-order valence-electron chi connectivity index (χ0n) is 18.0. The molecule has 1 amide bonds. The van der Waals surface area contributed by atoms with E-state index in [1.54, 1.807) is 30.3 Å². The molecule has 12 heteroatoms. The van der Waals surface area contributed by atoms with E-state index in [1.807, 2.05) is 0 Å². The minimum atomic E-state index is -4.57. The number of halogens is 3. The maximum Gasteiger partial charge on any atom is 0.418 e. The number of fused-ring (bicyclic) bond motifs is 1. The fraction of sp³-hybridized carbons (Fsp3) is 0.182. The summed E-state index contributed by atoms with van der Waals surface area (Å²) in [6.07, 6.45) is -4.57. The molecule has 4 aromatic rings. The fourth-order valence-electron chi connectivity index (χ4n) is 3.17. The van der Waals surface area contributed by atoms with Gasteiger partial charge in [-0.2, -0.15) is 22.8 Å². The molecule has 0 fully saturated rings. The number of ether oxygens (including phenoxy) is 2. The second-order valence-electron chi connectivity index (χ2n) is 6.92. The second kappa shape index (κ2) is 9.59. The molecule has 0 aliphatic rings. The van der Waals surface area contributed by atoms with E-state index in [4.69, 9.17) is 9.47 Å². The van der Waals surface area contributed by atoms with Crippen LogP contribution in [0.1, 0.15) is 5.56 Å². The van der Waals surface area contributed by atoms with Crippen molar-refractivity contribution in [3.8, 4) is 22.9 Å². The molecule has 0 radical (unpaired) electrons. The molecule has 34 heavy (non-hydrogen) atoms. The molecular weight excluding hydrogens is 471 g/mol. The maximum absolute atomic E-state index is 13.1. The molecule has 0 aliphatic carbocycles. The summed E-state index contributed by atoms with van der Waals surface area (Å²) < 4.78 is 51.5. The number of nitrogens with zero attached hydrogens (tertiary/aromatic N) is 4. The summed E-state index contributed by atoms with van der Waals surface area (Å²) in [7, 11) is 3.06. The highest BCUT2D eigenvalue weighted by atomic mass is 32.2. The second-order valence-corrected chi connectivity index (χ2v) is 7.91. The van der Waals surface area contributed by atoms with Crippen molar-refractivity contribution in [3.63, 3.8) is 0 Å². The zero-order valence-corrected chi connectivity index (χ0v) is 18.8. The molecule has 8 nitrogen and oxygen atoms in total. The van der Waals surface area contributed by atoms with Crippen LogP contribution in [-0.2, 0) is 11.0 Å². The lowest BCUT2D eigenvalue weighted by Gasteiger charge is -2.13. The number of aromatic nitrogens is 4. The Labute approximate surface area is 196 Å². The Kier molecular flexibility index (Phi) is 6.59. The molecule has 2 aromatic heterocycles. The molecular formula is C22H18F3N5O3S. The Bertz CT molecular complexity index is 1340. The number of anilines is 1. The van der Waals surface area contributed by atoms with Gasteiger partial charge in [0.15, 0.2) is 23.0 Å². The van der Waals surface area contributed by atoms with Crippen LogP contribution in [0.5, 0.6) is 11.5 Å². The van der Waals surface area contributed by atoms with Gasteiger partial charge in [-0.3, -0.25) is 4.79 Å².